The Morgan fingerprint density at radius 3 is 2.21 bits per heavy atom. The predicted molar refractivity (Wildman–Crippen MR) is 82.2 cm³/mol. The Morgan fingerprint density at radius 1 is 1.11 bits per heavy atom. The van der Waals surface area contributed by atoms with E-state index in [0.29, 0.717) is 15.6 Å². The highest BCUT2D eigenvalue weighted by molar-refractivity contribution is 6.35. The van der Waals surface area contributed by atoms with Crippen LogP contribution in [-0.4, -0.2) is 23.9 Å². The standard InChI is InChI=1S/C15H21Cl2NO/c1-3-5-9-18(10-6-4-2)15(19)13-11-12(16)7-8-14(13)17/h7-8,11H,3-6,9-10H2,1-2H3. The number of amides is 1. The van der Waals surface area contributed by atoms with Crippen molar-refractivity contribution in [2.45, 2.75) is 39.5 Å². The van der Waals surface area contributed by atoms with Crippen LogP contribution in [0.5, 0.6) is 0 Å². The summed E-state index contributed by atoms with van der Waals surface area (Å²) in [4.78, 5) is 14.4. The molecule has 0 atom stereocenters. The summed E-state index contributed by atoms with van der Waals surface area (Å²) >= 11 is 12.0. The summed E-state index contributed by atoms with van der Waals surface area (Å²) in [5.74, 6) is -0.0191. The molecule has 0 aliphatic carbocycles. The van der Waals surface area contributed by atoms with Crippen LogP contribution in [0.15, 0.2) is 18.2 Å². The van der Waals surface area contributed by atoms with Gasteiger partial charge >= 0.3 is 0 Å². The highest BCUT2D eigenvalue weighted by atomic mass is 35.5. The van der Waals surface area contributed by atoms with Gasteiger partial charge in [-0.15, -0.1) is 0 Å². The minimum Gasteiger partial charge on any atom is -0.339 e. The third-order valence-corrected chi connectivity index (χ3v) is 3.57. The molecule has 0 radical (unpaired) electrons. The zero-order valence-corrected chi connectivity index (χ0v) is 13.1. The van der Waals surface area contributed by atoms with Crippen LogP contribution in [0.2, 0.25) is 10.0 Å². The molecule has 0 saturated carbocycles. The van der Waals surface area contributed by atoms with Gasteiger partial charge in [-0.2, -0.15) is 0 Å². The Kier molecular flexibility index (Phi) is 7.25. The summed E-state index contributed by atoms with van der Waals surface area (Å²) in [6.07, 6.45) is 4.15. The predicted octanol–water partition coefficient (Wildman–Crippen LogP) is 5.04. The van der Waals surface area contributed by atoms with Gasteiger partial charge in [0.2, 0.25) is 0 Å². The molecule has 0 spiro atoms. The lowest BCUT2D eigenvalue weighted by molar-refractivity contribution is 0.0751. The minimum absolute atomic E-state index is 0.0191. The van der Waals surface area contributed by atoms with Crippen molar-refractivity contribution in [2.75, 3.05) is 13.1 Å². The zero-order valence-electron chi connectivity index (χ0n) is 11.6. The molecule has 0 fully saturated rings. The molecule has 0 aromatic heterocycles. The number of rotatable bonds is 7. The monoisotopic (exact) mass is 301 g/mol. The second-order valence-electron chi connectivity index (χ2n) is 4.62. The first-order valence-electron chi connectivity index (χ1n) is 6.84. The molecule has 0 saturated heterocycles. The van der Waals surface area contributed by atoms with E-state index in [-0.39, 0.29) is 5.91 Å². The molecule has 106 valence electrons. The number of carbonyl (C=O) groups is 1. The molecular weight excluding hydrogens is 281 g/mol. The van der Waals surface area contributed by atoms with E-state index in [1.165, 1.54) is 0 Å². The third kappa shape index (κ3) is 5.04. The highest BCUT2D eigenvalue weighted by Gasteiger charge is 2.17. The van der Waals surface area contributed by atoms with Crippen LogP contribution < -0.4 is 0 Å². The molecular formula is C15H21Cl2NO. The van der Waals surface area contributed by atoms with Crippen molar-refractivity contribution in [3.05, 3.63) is 33.8 Å². The summed E-state index contributed by atoms with van der Waals surface area (Å²) in [5, 5.41) is 1.01. The van der Waals surface area contributed by atoms with Crippen LogP contribution in [0.1, 0.15) is 49.9 Å². The lowest BCUT2D eigenvalue weighted by Gasteiger charge is -2.23. The number of benzene rings is 1. The molecule has 0 unspecified atom stereocenters. The maximum absolute atomic E-state index is 12.5. The Bertz CT molecular complexity index is 413. The number of hydrogen-bond acceptors (Lipinski definition) is 1. The van der Waals surface area contributed by atoms with Crippen molar-refractivity contribution in [2.24, 2.45) is 0 Å². The Morgan fingerprint density at radius 2 is 1.68 bits per heavy atom. The molecule has 1 aromatic rings. The van der Waals surface area contributed by atoms with E-state index in [1.54, 1.807) is 18.2 Å². The third-order valence-electron chi connectivity index (χ3n) is 3.01. The van der Waals surface area contributed by atoms with Gasteiger partial charge in [0.1, 0.15) is 0 Å². The fourth-order valence-electron chi connectivity index (χ4n) is 1.84. The minimum atomic E-state index is -0.0191. The molecule has 4 heteroatoms. The lowest BCUT2D eigenvalue weighted by atomic mass is 10.1. The Labute approximate surface area is 125 Å². The Hall–Kier alpha value is -0.730. The maximum Gasteiger partial charge on any atom is 0.255 e. The molecule has 0 heterocycles. The first-order chi connectivity index (χ1) is 9.10. The van der Waals surface area contributed by atoms with Crippen LogP contribution in [0, 0.1) is 0 Å². The number of nitrogens with zero attached hydrogens (tertiary/aromatic N) is 1. The van der Waals surface area contributed by atoms with Crippen molar-refractivity contribution in [1.29, 1.82) is 0 Å². The lowest BCUT2D eigenvalue weighted by Crippen LogP contribution is -2.33. The van der Waals surface area contributed by atoms with Crippen molar-refractivity contribution in [3.8, 4) is 0 Å². The summed E-state index contributed by atoms with van der Waals surface area (Å²) in [5.41, 5.74) is 0.501. The van der Waals surface area contributed by atoms with Gasteiger partial charge in [-0.3, -0.25) is 4.79 Å². The molecule has 1 aromatic carbocycles. The van der Waals surface area contributed by atoms with Crippen molar-refractivity contribution in [3.63, 3.8) is 0 Å². The zero-order chi connectivity index (χ0) is 14.3. The molecule has 1 amide bonds. The second-order valence-corrected chi connectivity index (χ2v) is 5.47. The maximum atomic E-state index is 12.5. The molecule has 0 N–H and O–H groups in total. The summed E-state index contributed by atoms with van der Waals surface area (Å²) in [6, 6.07) is 5.02. The van der Waals surface area contributed by atoms with Crippen LogP contribution in [0.3, 0.4) is 0 Å². The summed E-state index contributed by atoms with van der Waals surface area (Å²) < 4.78 is 0. The SMILES string of the molecule is CCCCN(CCCC)C(=O)c1cc(Cl)ccc1Cl. The van der Waals surface area contributed by atoms with Gasteiger partial charge in [0.05, 0.1) is 10.6 Å². The van der Waals surface area contributed by atoms with Gasteiger partial charge in [-0.25, -0.2) is 0 Å². The van der Waals surface area contributed by atoms with E-state index < -0.39 is 0 Å². The van der Waals surface area contributed by atoms with Crippen LogP contribution >= 0.6 is 23.2 Å². The second kappa shape index (κ2) is 8.44. The van der Waals surface area contributed by atoms with Gasteiger partial charge in [-0.05, 0) is 31.0 Å². The van der Waals surface area contributed by atoms with E-state index in [4.69, 9.17) is 23.2 Å². The number of unbranched alkanes of at least 4 members (excludes halogenated alkanes) is 2. The number of carbonyl (C=O) groups excluding carboxylic acids is 1. The van der Waals surface area contributed by atoms with Gasteiger partial charge in [0.15, 0.2) is 0 Å². The van der Waals surface area contributed by atoms with Crippen LogP contribution in [0.25, 0.3) is 0 Å². The van der Waals surface area contributed by atoms with E-state index in [9.17, 15) is 4.79 Å². The van der Waals surface area contributed by atoms with Gasteiger partial charge in [0, 0.05) is 18.1 Å². The summed E-state index contributed by atoms with van der Waals surface area (Å²) in [7, 11) is 0. The van der Waals surface area contributed by atoms with Crippen molar-refractivity contribution < 1.29 is 4.79 Å². The first-order valence-corrected chi connectivity index (χ1v) is 7.60. The van der Waals surface area contributed by atoms with E-state index in [0.717, 1.165) is 38.8 Å². The van der Waals surface area contributed by atoms with E-state index >= 15 is 0 Å². The molecule has 0 bridgehead atoms. The molecule has 0 aliphatic rings. The van der Waals surface area contributed by atoms with Crippen molar-refractivity contribution >= 4 is 29.1 Å². The fourth-order valence-corrected chi connectivity index (χ4v) is 2.22. The molecule has 19 heavy (non-hydrogen) atoms. The number of halogens is 2. The average Bonchev–Trinajstić information content (AvgIpc) is 2.41. The van der Waals surface area contributed by atoms with Crippen LogP contribution in [0.4, 0.5) is 0 Å². The quantitative estimate of drug-likeness (QED) is 0.691. The van der Waals surface area contributed by atoms with Gasteiger partial charge < -0.3 is 4.90 Å². The average molecular weight is 302 g/mol. The number of hydrogen-bond donors (Lipinski definition) is 0. The molecule has 2 nitrogen and oxygen atoms in total. The fraction of sp³-hybridized carbons (Fsp3) is 0.533. The molecule has 1 rings (SSSR count). The Balaban J connectivity index is 2.87. The highest BCUT2D eigenvalue weighted by Crippen LogP contribution is 2.22. The first kappa shape index (κ1) is 16.3. The van der Waals surface area contributed by atoms with E-state index in [2.05, 4.69) is 13.8 Å². The van der Waals surface area contributed by atoms with E-state index in [1.807, 2.05) is 4.90 Å². The van der Waals surface area contributed by atoms with Crippen LogP contribution in [-0.2, 0) is 0 Å². The molecule has 0 aliphatic heterocycles. The topological polar surface area (TPSA) is 20.3 Å². The van der Waals surface area contributed by atoms with Gasteiger partial charge in [0.25, 0.3) is 5.91 Å². The van der Waals surface area contributed by atoms with Gasteiger partial charge in [-0.1, -0.05) is 49.9 Å². The van der Waals surface area contributed by atoms with Crippen molar-refractivity contribution in [1.82, 2.24) is 4.90 Å². The normalized spacial score (nSPS) is 10.5. The summed E-state index contributed by atoms with van der Waals surface area (Å²) in [6.45, 7) is 5.79. The largest absolute Gasteiger partial charge is 0.339 e. The smallest absolute Gasteiger partial charge is 0.255 e.